The highest BCUT2D eigenvalue weighted by Crippen LogP contribution is 2.31. The number of halogens is 1. The Bertz CT molecular complexity index is 677. The molecule has 0 atom stereocenters. The van der Waals surface area contributed by atoms with Crippen molar-refractivity contribution in [3.63, 3.8) is 0 Å². The van der Waals surface area contributed by atoms with E-state index in [-0.39, 0.29) is 22.7 Å². The van der Waals surface area contributed by atoms with E-state index in [1.54, 1.807) is 6.07 Å². The van der Waals surface area contributed by atoms with E-state index in [0.717, 1.165) is 0 Å². The summed E-state index contributed by atoms with van der Waals surface area (Å²) >= 11 is 0. The molecule has 7 heteroatoms. The number of methoxy groups -OCH3 is 1. The van der Waals surface area contributed by atoms with Crippen LogP contribution in [0.15, 0.2) is 30.3 Å². The lowest BCUT2D eigenvalue weighted by Crippen LogP contribution is -2.02. The first-order valence-corrected chi connectivity index (χ1v) is 6.30. The van der Waals surface area contributed by atoms with E-state index in [1.807, 2.05) is 6.92 Å². The normalized spacial score (nSPS) is 10.2. The Labute approximate surface area is 120 Å². The number of anilines is 1. The van der Waals surface area contributed by atoms with Crippen LogP contribution in [0, 0.1) is 15.9 Å². The van der Waals surface area contributed by atoms with Gasteiger partial charge < -0.3 is 10.1 Å². The third-order valence-electron chi connectivity index (χ3n) is 2.84. The first kappa shape index (κ1) is 14.7. The number of rotatable bonds is 5. The molecule has 1 aromatic carbocycles. The highest BCUT2D eigenvalue weighted by molar-refractivity contribution is 5.67. The number of benzene rings is 1. The lowest BCUT2D eigenvalue weighted by molar-refractivity contribution is -0.384. The van der Waals surface area contributed by atoms with Crippen molar-refractivity contribution < 1.29 is 14.1 Å². The molecule has 0 amide bonds. The average Bonchev–Trinajstić information content (AvgIpc) is 2.47. The lowest BCUT2D eigenvalue weighted by atomic mass is 10.1. The molecular formula is C14H14FN3O3. The molecule has 6 nitrogen and oxygen atoms in total. The van der Waals surface area contributed by atoms with Gasteiger partial charge in [-0.1, -0.05) is 6.07 Å². The molecule has 0 bridgehead atoms. The highest BCUT2D eigenvalue weighted by Gasteiger charge is 2.16. The second-order valence-electron chi connectivity index (χ2n) is 4.21. The molecule has 1 N–H and O–H groups in total. The Morgan fingerprint density at radius 1 is 1.43 bits per heavy atom. The molecule has 1 aromatic heterocycles. The summed E-state index contributed by atoms with van der Waals surface area (Å²) < 4.78 is 19.2. The van der Waals surface area contributed by atoms with Gasteiger partial charge >= 0.3 is 0 Å². The number of hydrogen-bond acceptors (Lipinski definition) is 5. The van der Waals surface area contributed by atoms with Crippen LogP contribution in [0.2, 0.25) is 0 Å². The van der Waals surface area contributed by atoms with Gasteiger partial charge in [0.1, 0.15) is 5.82 Å². The van der Waals surface area contributed by atoms with Crippen LogP contribution >= 0.6 is 0 Å². The second-order valence-corrected chi connectivity index (χ2v) is 4.21. The summed E-state index contributed by atoms with van der Waals surface area (Å²) in [5.74, 6) is -0.217. The van der Waals surface area contributed by atoms with Gasteiger partial charge in [0.05, 0.1) is 23.8 Å². The van der Waals surface area contributed by atoms with Crippen LogP contribution in [0.5, 0.6) is 5.75 Å². The molecule has 0 saturated carbocycles. The highest BCUT2D eigenvalue weighted by atomic mass is 19.1. The zero-order chi connectivity index (χ0) is 15.4. The van der Waals surface area contributed by atoms with E-state index in [2.05, 4.69) is 10.3 Å². The Balaban J connectivity index is 2.60. The molecule has 0 saturated heterocycles. The minimum atomic E-state index is -0.601. The Morgan fingerprint density at radius 2 is 2.19 bits per heavy atom. The van der Waals surface area contributed by atoms with Crippen LogP contribution in [-0.2, 0) is 0 Å². The SMILES string of the molecule is CCNc1cc([N+](=O)[O-])cc(-c2cccc(OC)c2F)n1. The van der Waals surface area contributed by atoms with Crippen molar-refractivity contribution >= 4 is 11.5 Å². The summed E-state index contributed by atoms with van der Waals surface area (Å²) in [6, 6.07) is 7.12. The van der Waals surface area contributed by atoms with Crippen molar-refractivity contribution in [2.45, 2.75) is 6.92 Å². The topological polar surface area (TPSA) is 77.3 Å². The predicted molar refractivity (Wildman–Crippen MR) is 77.0 cm³/mol. The van der Waals surface area contributed by atoms with Crippen LogP contribution in [-0.4, -0.2) is 23.6 Å². The number of pyridine rings is 1. The monoisotopic (exact) mass is 291 g/mol. The summed E-state index contributed by atoms with van der Waals surface area (Å²) in [7, 11) is 1.35. The van der Waals surface area contributed by atoms with Gasteiger partial charge in [0, 0.05) is 18.2 Å². The Hall–Kier alpha value is -2.70. The lowest BCUT2D eigenvalue weighted by Gasteiger charge is -2.09. The molecule has 1 heterocycles. The number of hydrogen-bond donors (Lipinski definition) is 1. The zero-order valence-electron chi connectivity index (χ0n) is 11.6. The van der Waals surface area contributed by atoms with Crippen LogP contribution in [0.25, 0.3) is 11.3 Å². The molecule has 0 unspecified atom stereocenters. The molecule has 2 rings (SSSR count). The van der Waals surface area contributed by atoms with Gasteiger partial charge in [-0.15, -0.1) is 0 Å². The van der Waals surface area contributed by atoms with Crippen molar-refractivity contribution in [3.05, 3.63) is 46.3 Å². The maximum Gasteiger partial charge on any atom is 0.275 e. The maximum atomic E-state index is 14.3. The van der Waals surface area contributed by atoms with Crippen molar-refractivity contribution in [2.75, 3.05) is 19.0 Å². The van der Waals surface area contributed by atoms with E-state index in [4.69, 9.17) is 4.74 Å². The van der Waals surface area contributed by atoms with Crippen LogP contribution in [0.4, 0.5) is 15.9 Å². The summed E-state index contributed by atoms with van der Waals surface area (Å²) in [5, 5.41) is 13.9. The van der Waals surface area contributed by atoms with Crippen LogP contribution < -0.4 is 10.1 Å². The molecule has 110 valence electrons. The fourth-order valence-corrected chi connectivity index (χ4v) is 1.90. The van der Waals surface area contributed by atoms with Gasteiger partial charge in [0.2, 0.25) is 0 Å². The average molecular weight is 291 g/mol. The fraction of sp³-hybridized carbons (Fsp3) is 0.214. The summed E-state index contributed by atoms with van der Waals surface area (Å²) in [6.07, 6.45) is 0. The predicted octanol–water partition coefficient (Wildman–Crippen LogP) is 3.24. The van der Waals surface area contributed by atoms with E-state index < -0.39 is 10.7 Å². The minimum absolute atomic E-state index is 0.0609. The van der Waals surface area contributed by atoms with Gasteiger partial charge in [-0.25, -0.2) is 9.37 Å². The quantitative estimate of drug-likeness (QED) is 0.676. The van der Waals surface area contributed by atoms with Crippen LogP contribution in [0.3, 0.4) is 0 Å². The van der Waals surface area contributed by atoms with Gasteiger partial charge in [-0.2, -0.15) is 0 Å². The third-order valence-corrected chi connectivity index (χ3v) is 2.84. The molecule has 0 radical (unpaired) electrons. The van der Waals surface area contributed by atoms with E-state index in [9.17, 15) is 14.5 Å². The minimum Gasteiger partial charge on any atom is -0.494 e. The molecule has 21 heavy (non-hydrogen) atoms. The van der Waals surface area contributed by atoms with Crippen molar-refractivity contribution in [3.8, 4) is 17.0 Å². The van der Waals surface area contributed by atoms with Gasteiger partial charge in [-0.05, 0) is 19.1 Å². The van der Waals surface area contributed by atoms with Crippen molar-refractivity contribution in [2.24, 2.45) is 0 Å². The Morgan fingerprint density at radius 3 is 2.81 bits per heavy atom. The molecule has 0 aliphatic heterocycles. The third kappa shape index (κ3) is 3.07. The first-order chi connectivity index (χ1) is 10.1. The first-order valence-electron chi connectivity index (χ1n) is 6.30. The number of ether oxygens (including phenoxy) is 1. The number of aromatic nitrogens is 1. The zero-order valence-corrected chi connectivity index (χ0v) is 11.6. The second kappa shape index (κ2) is 6.17. The van der Waals surface area contributed by atoms with E-state index in [0.29, 0.717) is 12.4 Å². The van der Waals surface area contributed by atoms with Gasteiger partial charge in [-0.3, -0.25) is 10.1 Å². The molecular weight excluding hydrogens is 277 g/mol. The van der Waals surface area contributed by atoms with Gasteiger partial charge in [0.15, 0.2) is 11.6 Å². The van der Waals surface area contributed by atoms with E-state index >= 15 is 0 Å². The standard InChI is InChI=1S/C14H14FN3O3/c1-3-16-13-8-9(18(19)20)7-11(17-13)10-5-4-6-12(21-2)14(10)15/h4-8H,3H2,1-2H3,(H,16,17). The number of nitrogens with one attached hydrogen (secondary N) is 1. The maximum absolute atomic E-state index is 14.3. The molecule has 0 aliphatic rings. The van der Waals surface area contributed by atoms with E-state index in [1.165, 1.54) is 31.4 Å². The number of nitrogens with zero attached hydrogens (tertiary/aromatic N) is 2. The smallest absolute Gasteiger partial charge is 0.275 e. The fourth-order valence-electron chi connectivity index (χ4n) is 1.90. The summed E-state index contributed by atoms with van der Waals surface area (Å²) in [4.78, 5) is 14.6. The molecule has 2 aromatic rings. The van der Waals surface area contributed by atoms with Gasteiger partial charge in [0.25, 0.3) is 5.69 Å². The number of nitro groups is 1. The molecule has 0 aliphatic carbocycles. The molecule has 0 fully saturated rings. The molecule has 0 spiro atoms. The summed E-state index contributed by atoms with van der Waals surface area (Å²) in [6.45, 7) is 2.39. The van der Waals surface area contributed by atoms with Crippen molar-refractivity contribution in [1.82, 2.24) is 4.98 Å². The van der Waals surface area contributed by atoms with Crippen LogP contribution in [0.1, 0.15) is 6.92 Å². The Kier molecular flexibility index (Phi) is 4.32. The summed E-state index contributed by atoms with van der Waals surface area (Å²) in [5.41, 5.74) is 0.173. The largest absolute Gasteiger partial charge is 0.494 e. The van der Waals surface area contributed by atoms with Crippen molar-refractivity contribution in [1.29, 1.82) is 0 Å².